The molecule has 1 N–H and O–H groups in total. The Labute approximate surface area is 158 Å². The summed E-state index contributed by atoms with van der Waals surface area (Å²) in [5.41, 5.74) is 3.03. The first-order valence-electron chi connectivity index (χ1n) is 8.73. The van der Waals surface area contributed by atoms with Gasteiger partial charge in [-0.05, 0) is 43.7 Å². The van der Waals surface area contributed by atoms with E-state index in [1.807, 2.05) is 62.4 Å². The lowest BCUT2D eigenvalue weighted by Crippen LogP contribution is -2.31. The topological polar surface area (TPSA) is 67.4 Å². The molecule has 0 saturated heterocycles. The van der Waals surface area contributed by atoms with Crippen LogP contribution in [0.4, 0.5) is 17.2 Å². The maximum Gasteiger partial charge on any atom is 0.277 e. The number of anilines is 3. The summed E-state index contributed by atoms with van der Waals surface area (Å²) in [4.78, 5) is 23.0. The van der Waals surface area contributed by atoms with Crippen molar-refractivity contribution < 1.29 is 9.53 Å². The molecule has 3 aromatic rings. The highest BCUT2D eigenvalue weighted by molar-refractivity contribution is 6.05. The van der Waals surface area contributed by atoms with Crippen molar-refractivity contribution in [3.63, 3.8) is 0 Å². The van der Waals surface area contributed by atoms with Gasteiger partial charge in [0.2, 0.25) is 0 Å². The standard InChI is InChI=1S/C21H22N4O2/c1-4-25(16-8-6-5-7-9-16)21(26)18-13-20(23-14-22-18)24-17-12-15(2)10-11-19(17)27-3/h5-14H,4H2,1-3H3,(H,22,23,24). The fourth-order valence-corrected chi connectivity index (χ4v) is 2.79. The molecule has 138 valence electrons. The van der Waals surface area contributed by atoms with E-state index in [-0.39, 0.29) is 5.91 Å². The van der Waals surface area contributed by atoms with Crippen molar-refractivity contribution in [2.75, 3.05) is 23.9 Å². The molecule has 1 heterocycles. The maximum atomic E-state index is 12.9. The number of ether oxygens (including phenoxy) is 1. The number of aryl methyl sites for hydroxylation is 1. The van der Waals surface area contributed by atoms with E-state index in [1.54, 1.807) is 18.1 Å². The van der Waals surface area contributed by atoms with E-state index in [9.17, 15) is 4.79 Å². The summed E-state index contributed by atoms with van der Waals surface area (Å²) in [6, 6.07) is 17.0. The number of carbonyl (C=O) groups is 1. The number of benzene rings is 2. The average molecular weight is 362 g/mol. The Bertz CT molecular complexity index is 928. The van der Waals surface area contributed by atoms with Crippen LogP contribution in [0.2, 0.25) is 0 Å². The Kier molecular flexibility index (Phi) is 5.66. The molecule has 0 spiro atoms. The van der Waals surface area contributed by atoms with Crippen molar-refractivity contribution in [1.29, 1.82) is 0 Å². The van der Waals surface area contributed by atoms with E-state index in [2.05, 4.69) is 15.3 Å². The Morgan fingerprint density at radius 3 is 2.59 bits per heavy atom. The summed E-state index contributed by atoms with van der Waals surface area (Å²) in [7, 11) is 1.61. The number of rotatable bonds is 6. The predicted molar refractivity (Wildman–Crippen MR) is 107 cm³/mol. The molecule has 1 aromatic heterocycles. The van der Waals surface area contributed by atoms with Crippen LogP contribution in [0.5, 0.6) is 5.75 Å². The van der Waals surface area contributed by atoms with E-state index >= 15 is 0 Å². The van der Waals surface area contributed by atoms with E-state index in [0.29, 0.717) is 23.8 Å². The molecule has 0 bridgehead atoms. The molecule has 6 nitrogen and oxygen atoms in total. The quantitative estimate of drug-likeness (QED) is 0.712. The average Bonchev–Trinajstić information content (AvgIpc) is 2.70. The summed E-state index contributed by atoms with van der Waals surface area (Å²) in [5, 5.41) is 3.21. The summed E-state index contributed by atoms with van der Waals surface area (Å²) < 4.78 is 5.38. The Balaban J connectivity index is 1.87. The van der Waals surface area contributed by atoms with Gasteiger partial charge in [-0.15, -0.1) is 0 Å². The molecule has 0 unspecified atom stereocenters. The molecule has 0 aliphatic heterocycles. The molecule has 6 heteroatoms. The molecule has 0 radical (unpaired) electrons. The number of hydrogen-bond acceptors (Lipinski definition) is 5. The fraction of sp³-hybridized carbons (Fsp3) is 0.190. The van der Waals surface area contributed by atoms with Gasteiger partial charge in [-0.1, -0.05) is 24.3 Å². The summed E-state index contributed by atoms with van der Waals surface area (Å²) in [5.74, 6) is 1.05. The molecule has 0 fully saturated rings. The van der Waals surface area contributed by atoms with Gasteiger partial charge in [0.05, 0.1) is 12.8 Å². The van der Waals surface area contributed by atoms with E-state index in [4.69, 9.17) is 4.74 Å². The van der Waals surface area contributed by atoms with Crippen molar-refractivity contribution in [2.45, 2.75) is 13.8 Å². The van der Waals surface area contributed by atoms with Gasteiger partial charge in [-0.3, -0.25) is 4.79 Å². The van der Waals surface area contributed by atoms with Gasteiger partial charge < -0.3 is 15.0 Å². The third-order valence-electron chi connectivity index (χ3n) is 4.13. The van der Waals surface area contributed by atoms with Crippen molar-refractivity contribution in [3.8, 4) is 5.75 Å². The summed E-state index contributed by atoms with van der Waals surface area (Å²) >= 11 is 0. The molecule has 0 saturated carbocycles. The van der Waals surface area contributed by atoms with Crippen LogP contribution in [-0.2, 0) is 0 Å². The molecule has 3 rings (SSSR count). The minimum absolute atomic E-state index is 0.176. The van der Waals surface area contributed by atoms with Gasteiger partial charge in [-0.25, -0.2) is 9.97 Å². The van der Waals surface area contributed by atoms with Crippen LogP contribution in [0.3, 0.4) is 0 Å². The first-order chi connectivity index (χ1) is 13.1. The maximum absolute atomic E-state index is 12.9. The van der Waals surface area contributed by atoms with Crippen molar-refractivity contribution in [3.05, 3.63) is 72.2 Å². The minimum atomic E-state index is -0.176. The highest BCUT2D eigenvalue weighted by Gasteiger charge is 2.18. The number of nitrogens with one attached hydrogen (secondary N) is 1. The minimum Gasteiger partial charge on any atom is -0.495 e. The van der Waals surface area contributed by atoms with E-state index < -0.39 is 0 Å². The molecule has 2 aromatic carbocycles. The van der Waals surface area contributed by atoms with Crippen molar-refractivity contribution >= 4 is 23.1 Å². The lowest BCUT2D eigenvalue weighted by atomic mass is 10.2. The molecular weight excluding hydrogens is 340 g/mol. The van der Waals surface area contributed by atoms with Gasteiger partial charge in [0.15, 0.2) is 0 Å². The van der Waals surface area contributed by atoms with Gasteiger partial charge in [0.1, 0.15) is 23.6 Å². The SMILES string of the molecule is CCN(C(=O)c1cc(Nc2cc(C)ccc2OC)ncn1)c1ccccc1. The van der Waals surface area contributed by atoms with Crippen LogP contribution in [0.1, 0.15) is 23.0 Å². The number of hydrogen-bond donors (Lipinski definition) is 1. The zero-order chi connectivity index (χ0) is 19.2. The lowest BCUT2D eigenvalue weighted by molar-refractivity contribution is 0.0983. The third kappa shape index (κ3) is 4.23. The summed E-state index contributed by atoms with van der Waals surface area (Å²) in [6.45, 7) is 4.47. The second-order valence-corrected chi connectivity index (χ2v) is 6.00. The molecule has 0 atom stereocenters. The molecule has 1 amide bonds. The first-order valence-corrected chi connectivity index (χ1v) is 8.73. The molecule has 0 aliphatic rings. The number of nitrogens with zero attached hydrogens (tertiary/aromatic N) is 3. The largest absolute Gasteiger partial charge is 0.495 e. The molecule has 0 aliphatic carbocycles. The Hall–Kier alpha value is -3.41. The van der Waals surface area contributed by atoms with Crippen molar-refractivity contribution in [1.82, 2.24) is 9.97 Å². The Morgan fingerprint density at radius 1 is 1.11 bits per heavy atom. The third-order valence-corrected chi connectivity index (χ3v) is 4.13. The van der Waals surface area contributed by atoms with Gasteiger partial charge in [0.25, 0.3) is 5.91 Å². The van der Waals surface area contributed by atoms with E-state index in [1.165, 1.54) is 6.33 Å². The van der Waals surface area contributed by atoms with Gasteiger partial charge in [0, 0.05) is 18.3 Å². The zero-order valence-corrected chi connectivity index (χ0v) is 15.6. The van der Waals surface area contributed by atoms with E-state index in [0.717, 1.165) is 16.9 Å². The zero-order valence-electron chi connectivity index (χ0n) is 15.6. The normalized spacial score (nSPS) is 10.3. The number of para-hydroxylation sites is 1. The number of amides is 1. The number of carbonyl (C=O) groups excluding carboxylic acids is 1. The lowest BCUT2D eigenvalue weighted by Gasteiger charge is -2.20. The van der Waals surface area contributed by atoms with Crippen LogP contribution in [0.25, 0.3) is 0 Å². The van der Waals surface area contributed by atoms with Gasteiger partial charge in [-0.2, -0.15) is 0 Å². The number of methoxy groups -OCH3 is 1. The predicted octanol–water partition coefficient (Wildman–Crippen LogP) is 4.20. The van der Waals surface area contributed by atoms with Crippen LogP contribution in [0, 0.1) is 6.92 Å². The monoisotopic (exact) mass is 362 g/mol. The fourth-order valence-electron chi connectivity index (χ4n) is 2.79. The van der Waals surface area contributed by atoms with Crippen LogP contribution < -0.4 is 15.0 Å². The summed E-state index contributed by atoms with van der Waals surface area (Å²) in [6.07, 6.45) is 1.39. The van der Waals surface area contributed by atoms with Crippen LogP contribution in [-0.4, -0.2) is 29.5 Å². The molecule has 27 heavy (non-hydrogen) atoms. The highest BCUT2D eigenvalue weighted by Crippen LogP contribution is 2.28. The first kappa shape index (κ1) is 18.4. The number of aromatic nitrogens is 2. The highest BCUT2D eigenvalue weighted by atomic mass is 16.5. The van der Waals surface area contributed by atoms with Crippen LogP contribution >= 0.6 is 0 Å². The second kappa shape index (κ2) is 8.31. The van der Waals surface area contributed by atoms with Gasteiger partial charge >= 0.3 is 0 Å². The van der Waals surface area contributed by atoms with Crippen LogP contribution in [0.15, 0.2) is 60.9 Å². The smallest absolute Gasteiger partial charge is 0.277 e. The second-order valence-electron chi connectivity index (χ2n) is 6.00. The Morgan fingerprint density at radius 2 is 1.89 bits per heavy atom. The van der Waals surface area contributed by atoms with Crippen molar-refractivity contribution in [2.24, 2.45) is 0 Å². The molecular formula is C21H22N4O2.